The fraction of sp³-hybridized carbons (Fsp3) is 1.00. The molecule has 120 valence electrons. The molecule has 1 N–H and O–H groups in total. The monoisotopic (exact) mass is 285 g/mol. The number of likely N-dealkylation sites (N-methyl/N-ethyl adjacent to an activating group) is 2. The zero-order valence-electron chi connectivity index (χ0n) is 14.1. The summed E-state index contributed by atoms with van der Waals surface area (Å²) in [5.74, 6) is 0. The van der Waals surface area contributed by atoms with Crippen molar-refractivity contribution in [2.45, 2.75) is 44.6 Å². The van der Waals surface area contributed by atoms with Gasteiger partial charge in [-0.25, -0.2) is 0 Å². The van der Waals surface area contributed by atoms with Crippen LogP contribution >= 0.6 is 0 Å². The summed E-state index contributed by atoms with van der Waals surface area (Å²) < 4.78 is 5.33. The highest BCUT2D eigenvalue weighted by atomic mass is 16.5. The summed E-state index contributed by atoms with van der Waals surface area (Å²) in [6.07, 6.45) is 6.49. The van der Waals surface area contributed by atoms with E-state index in [1.165, 1.54) is 38.6 Å². The average molecular weight is 285 g/mol. The zero-order valence-corrected chi connectivity index (χ0v) is 14.1. The van der Waals surface area contributed by atoms with Crippen molar-refractivity contribution in [2.24, 2.45) is 0 Å². The molecular weight excluding hydrogens is 250 g/mol. The molecule has 0 radical (unpaired) electrons. The maximum atomic E-state index is 5.33. The molecule has 4 heteroatoms. The van der Waals surface area contributed by atoms with Crippen molar-refractivity contribution >= 4 is 0 Å². The Kier molecular flexibility index (Phi) is 8.69. The SMILES string of the molecule is CCOCCCCNCCN(C)CC1(N(C)C)CCC1. The maximum absolute atomic E-state index is 5.33. The van der Waals surface area contributed by atoms with Gasteiger partial charge in [0.1, 0.15) is 0 Å². The van der Waals surface area contributed by atoms with E-state index < -0.39 is 0 Å². The summed E-state index contributed by atoms with van der Waals surface area (Å²) in [6.45, 7) is 8.34. The summed E-state index contributed by atoms with van der Waals surface area (Å²) in [6, 6.07) is 0. The third-order valence-corrected chi connectivity index (χ3v) is 4.56. The minimum atomic E-state index is 0.451. The van der Waals surface area contributed by atoms with Crippen molar-refractivity contribution < 1.29 is 4.74 Å². The summed E-state index contributed by atoms with van der Waals surface area (Å²) in [5, 5.41) is 3.53. The molecule has 1 saturated carbocycles. The molecule has 0 unspecified atom stereocenters. The van der Waals surface area contributed by atoms with E-state index in [1.54, 1.807) is 0 Å². The number of hydrogen-bond donors (Lipinski definition) is 1. The molecule has 0 saturated heterocycles. The molecule has 0 aromatic rings. The number of unbranched alkanes of at least 4 members (excludes halogenated alkanes) is 1. The first-order chi connectivity index (χ1) is 9.60. The third-order valence-electron chi connectivity index (χ3n) is 4.56. The molecular formula is C16H35N3O. The summed E-state index contributed by atoms with van der Waals surface area (Å²) in [4.78, 5) is 4.90. The van der Waals surface area contributed by atoms with Gasteiger partial charge in [-0.1, -0.05) is 0 Å². The van der Waals surface area contributed by atoms with Crippen LogP contribution in [0.1, 0.15) is 39.0 Å². The van der Waals surface area contributed by atoms with Gasteiger partial charge >= 0.3 is 0 Å². The van der Waals surface area contributed by atoms with Crippen molar-refractivity contribution in [3.05, 3.63) is 0 Å². The van der Waals surface area contributed by atoms with Crippen molar-refractivity contribution in [1.29, 1.82) is 0 Å². The second-order valence-electron chi connectivity index (χ2n) is 6.36. The third kappa shape index (κ3) is 6.08. The van der Waals surface area contributed by atoms with Crippen LogP contribution in [0.2, 0.25) is 0 Å². The highest BCUT2D eigenvalue weighted by Gasteiger charge is 2.39. The highest BCUT2D eigenvalue weighted by molar-refractivity contribution is 4.97. The molecule has 1 fully saturated rings. The predicted molar refractivity (Wildman–Crippen MR) is 86.4 cm³/mol. The Hall–Kier alpha value is -0.160. The smallest absolute Gasteiger partial charge is 0.0466 e. The van der Waals surface area contributed by atoms with Gasteiger partial charge in [-0.05, 0) is 66.7 Å². The van der Waals surface area contributed by atoms with Gasteiger partial charge in [0.25, 0.3) is 0 Å². The molecule has 0 atom stereocenters. The van der Waals surface area contributed by atoms with Gasteiger partial charge in [0.05, 0.1) is 0 Å². The summed E-state index contributed by atoms with van der Waals surface area (Å²) in [7, 11) is 6.70. The number of nitrogens with zero attached hydrogens (tertiary/aromatic N) is 2. The zero-order chi connectivity index (χ0) is 14.8. The Labute approximate surface area is 125 Å². The second kappa shape index (κ2) is 9.72. The first-order valence-corrected chi connectivity index (χ1v) is 8.25. The first kappa shape index (κ1) is 17.9. The molecule has 4 nitrogen and oxygen atoms in total. The first-order valence-electron chi connectivity index (χ1n) is 8.25. The van der Waals surface area contributed by atoms with Gasteiger partial charge in [-0.15, -0.1) is 0 Å². The van der Waals surface area contributed by atoms with Gasteiger partial charge in [-0.2, -0.15) is 0 Å². The van der Waals surface area contributed by atoms with Crippen LogP contribution in [0.15, 0.2) is 0 Å². The number of ether oxygens (including phenoxy) is 1. The van der Waals surface area contributed by atoms with Gasteiger partial charge in [-0.3, -0.25) is 0 Å². The Morgan fingerprint density at radius 1 is 1.10 bits per heavy atom. The summed E-state index contributed by atoms with van der Waals surface area (Å²) in [5.41, 5.74) is 0.451. The fourth-order valence-electron chi connectivity index (χ4n) is 2.91. The van der Waals surface area contributed by atoms with Gasteiger partial charge < -0.3 is 19.9 Å². The van der Waals surface area contributed by atoms with Crippen LogP contribution in [-0.4, -0.2) is 75.9 Å². The Morgan fingerprint density at radius 2 is 1.85 bits per heavy atom. The van der Waals surface area contributed by atoms with Crippen LogP contribution < -0.4 is 5.32 Å². The molecule has 0 heterocycles. The van der Waals surface area contributed by atoms with Gasteiger partial charge in [0.2, 0.25) is 0 Å². The molecule has 1 aliphatic carbocycles. The second-order valence-corrected chi connectivity index (χ2v) is 6.36. The predicted octanol–water partition coefficient (Wildman–Crippen LogP) is 1.81. The number of nitrogens with one attached hydrogen (secondary N) is 1. The molecule has 1 aliphatic rings. The summed E-state index contributed by atoms with van der Waals surface area (Å²) >= 11 is 0. The van der Waals surface area contributed by atoms with Crippen LogP contribution in [0.4, 0.5) is 0 Å². The van der Waals surface area contributed by atoms with E-state index in [9.17, 15) is 0 Å². The highest BCUT2D eigenvalue weighted by Crippen LogP contribution is 2.36. The van der Waals surface area contributed by atoms with Crippen LogP contribution in [0.3, 0.4) is 0 Å². The van der Waals surface area contributed by atoms with Crippen LogP contribution in [-0.2, 0) is 4.74 Å². The largest absolute Gasteiger partial charge is 0.382 e. The Morgan fingerprint density at radius 3 is 2.40 bits per heavy atom. The minimum absolute atomic E-state index is 0.451. The van der Waals surface area contributed by atoms with Gasteiger partial charge in [0, 0.05) is 38.4 Å². The minimum Gasteiger partial charge on any atom is -0.382 e. The van der Waals surface area contributed by atoms with E-state index in [0.29, 0.717) is 5.54 Å². The lowest BCUT2D eigenvalue weighted by molar-refractivity contribution is 0.0282. The number of hydrogen-bond acceptors (Lipinski definition) is 4. The van der Waals surface area contributed by atoms with E-state index in [4.69, 9.17) is 4.74 Å². The molecule has 0 aromatic heterocycles. The molecule has 20 heavy (non-hydrogen) atoms. The van der Waals surface area contributed by atoms with Crippen LogP contribution in [0.5, 0.6) is 0 Å². The Balaban J connectivity index is 1.99. The van der Waals surface area contributed by atoms with Crippen LogP contribution in [0.25, 0.3) is 0 Å². The van der Waals surface area contributed by atoms with Gasteiger partial charge in [0.15, 0.2) is 0 Å². The van der Waals surface area contributed by atoms with E-state index in [0.717, 1.165) is 32.8 Å². The molecule has 0 aromatic carbocycles. The molecule has 0 spiro atoms. The van der Waals surface area contributed by atoms with Crippen molar-refractivity contribution in [3.63, 3.8) is 0 Å². The lowest BCUT2D eigenvalue weighted by Gasteiger charge is -2.49. The van der Waals surface area contributed by atoms with Crippen molar-refractivity contribution in [2.75, 3.05) is 60.5 Å². The van der Waals surface area contributed by atoms with E-state index in [1.807, 2.05) is 0 Å². The number of rotatable bonds is 12. The van der Waals surface area contributed by atoms with E-state index >= 15 is 0 Å². The maximum Gasteiger partial charge on any atom is 0.0466 e. The fourth-order valence-corrected chi connectivity index (χ4v) is 2.91. The molecule has 0 amide bonds. The topological polar surface area (TPSA) is 27.7 Å². The van der Waals surface area contributed by atoms with E-state index in [2.05, 4.69) is 43.2 Å². The average Bonchev–Trinajstić information content (AvgIpc) is 2.36. The Bertz CT molecular complexity index is 242. The molecule has 0 aliphatic heterocycles. The lowest BCUT2D eigenvalue weighted by Crippen LogP contribution is -2.57. The normalized spacial score (nSPS) is 17.7. The van der Waals surface area contributed by atoms with Crippen LogP contribution in [0, 0.1) is 0 Å². The molecule has 1 rings (SSSR count). The van der Waals surface area contributed by atoms with E-state index in [-0.39, 0.29) is 0 Å². The quantitative estimate of drug-likeness (QED) is 0.554. The lowest BCUT2D eigenvalue weighted by atomic mass is 9.75. The molecule has 0 bridgehead atoms. The standard InChI is InChI=1S/C16H35N3O/c1-5-20-14-7-6-11-17-12-13-19(4)15-16(18(2)3)9-8-10-16/h17H,5-15H2,1-4H3. The van der Waals surface area contributed by atoms with Crippen molar-refractivity contribution in [3.8, 4) is 0 Å². The van der Waals surface area contributed by atoms with Crippen molar-refractivity contribution in [1.82, 2.24) is 15.1 Å².